The van der Waals surface area contributed by atoms with Crippen LogP contribution in [-0.4, -0.2) is 31.6 Å². The first-order chi connectivity index (χ1) is 7.52. The molecular weight excluding hydrogens is 196 g/mol. The molecule has 1 atom stereocenters. The molecule has 0 radical (unpaired) electrons. The first kappa shape index (κ1) is 13.2. The summed E-state index contributed by atoms with van der Waals surface area (Å²) in [7, 11) is 4.23. The summed E-state index contributed by atoms with van der Waals surface area (Å²) in [5.41, 5.74) is 4.20. The number of hydrogen-bond donors (Lipinski definition) is 1. The minimum atomic E-state index is 0.573. The van der Waals surface area contributed by atoms with Crippen LogP contribution in [0.15, 0.2) is 18.2 Å². The quantitative estimate of drug-likeness (QED) is 0.819. The number of nitrogens with zero attached hydrogens (tertiary/aromatic N) is 1. The minimum Gasteiger partial charge on any atom is -0.311 e. The van der Waals surface area contributed by atoms with Gasteiger partial charge in [0.05, 0.1) is 0 Å². The van der Waals surface area contributed by atoms with E-state index in [0.29, 0.717) is 6.04 Å². The Labute approximate surface area is 99.7 Å². The van der Waals surface area contributed by atoms with Crippen LogP contribution in [0.5, 0.6) is 0 Å². The summed E-state index contributed by atoms with van der Waals surface area (Å²) in [6, 6.07) is 7.05. The van der Waals surface area contributed by atoms with Crippen molar-refractivity contribution in [3.05, 3.63) is 34.9 Å². The third kappa shape index (κ3) is 3.62. The summed E-state index contributed by atoms with van der Waals surface area (Å²) in [6.07, 6.45) is 0. The van der Waals surface area contributed by atoms with Crippen LogP contribution in [0.2, 0.25) is 0 Å². The zero-order chi connectivity index (χ0) is 12.1. The molecule has 0 aliphatic carbocycles. The van der Waals surface area contributed by atoms with Gasteiger partial charge in [-0.15, -0.1) is 0 Å². The van der Waals surface area contributed by atoms with Crippen molar-refractivity contribution in [2.24, 2.45) is 0 Å². The average molecular weight is 220 g/mol. The summed E-state index contributed by atoms with van der Waals surface area (Å²) in [5, 5.41) is 3.52. The Balaban J connectivity index is 2.49. The number of rotatable bonds is 5. The fraction of sp³-hybridized carbons (Fsp3) is 0.571. The van der Waals surface area contributed by atoms with Crippen LogP contribution in [0, 0.1) is 13.8 Å². The largest absolute Gasteiger partial charge is 0.311 e. The molecule has 0 saturated heterocycles. The lowest BCUT2D eigenvalue weighted by Gasteiger charge is -2.20. The van der Waals surface area contributed by atoms with E-state index in [1.54, 1.807) is 0 Å². The van der Waals surface area contributed by atoms with Gasteiger partial charge in [-0.2, -0.15) is 0 Å². The van der Waals surface area contributed by atoms with E-state index in [-0.39, 0.29) is 0 Å². The topological polar surface area (TPSA) is 15.3 Å². The monoisotopic (exact) mass is 220 g/mol. The predicted molar refractivity (Wildman–Crippen MR) is 70.8 cm³/mol. The molecule has 0 aliphatic heterocycles. The number of aryl methyl sites for hydroxylation is 2. The maximum absolute atomic E-state index is 3.52. The van der Waals surface area contributed by atoms with Crippen molar-refractivity contribution in [3.8, 4) is 0 Å². The zero-order valence-corrected chi connectivity index (χ0v) is 11.2. The van der Waals surface area contributed by atoms with Crippen LogP contribution in [0.4, 0.5) is 0 Å². The second-order valence-electron chi connectivity index (χ2n) is 4.81. The molecule has 1 unspecified atom stereocenters. The molecule has 0 aliphatic rings. The van der Waals surface area contributed by atoms with E-state index < -0.39 is 0 Å². The molecule has 0 amide bonds. The van der Waals surface area contributed by atoms with Gasteiger partial charge >= 0.3 is 0 Å². The fourth-order valence-electron chi connectivity index (χ4n) is 1.72. The molecule has 0 fully saturated rings. The first-order valence-electron chi connectivity index (χ1n) is 5.94. The van der Waals surface area contributed by atoms with Gasteiger partial charge in [0.2, 0.25) is 0 Å². The van der Waals surface area contributed by atoms with Crippen molar-refractivity contribution >= 4 is 0 Å². The molecule has 0 saturated carbocycles. The van der Waals surface area contributed by atoms with Crippen LogP contribution < -0.4 is 5.32 Å². The van der Waals surface area contributed by atoms with Crippen LogP contribution in [0.25, 0.3) is 0 Å². The maximum atomic E-state index is 3.52. The van der Waals surface area contributed by atoms with Gasteiger partial charge in [0.15, 0.2) is 0 Å². The van der Waals surface area contributed by atoms with E-state index in [9.17, 15) is 0 Å². The van der Waals surface area contributed by atoms with Crippen molar-refractivity contribution in [3.63, 3.8) is 0 Å². The van der Waals surface area contributed by atoms with E-state index in [4.69, 9.17) is 0 Å². The van der Waals surface area contributed by atoms with Crippen LogP contribution >= 0.6 is 0 Å². The molecule has 1 aromatic carbocycles. The average Bonchev–Trinajstić information content (AvgIpc) is 2.22. The Morgan fingerprint density at radius 3 is 2.25 bits per heavy atom. The van der Waals surface area contributed by atoms with Crippen molar-refractivity contribution in [2.45, 2.75) is 33.4 Å². The molecule has 2 heteroatoms. The third-order valence-electron chi connectivity index (χ3n) is 3.27. The van der Waals surface area contributed by atoms with Crippen LogP contribution in [0.1, 0.15) is 23.6 Å². The molecule has 90 valence electrons. The summed E-state index contributed by atoms with van der Waals surface area (Å²) < 4.78 is 0. The minimum absolute atomic E-state index is 0.573. The Bertz CT molecular complexity index is 311. The van der Waals surface area contributed by atoms with Gasteiger partial charge in [-0.05, 0) is 51.6 Å². The zero-order valence-electron chi connectivity index (χ0n) is 11.2. The molecule has 2 nitrogen and oxygen atoms in total. The van der Waals surface area contributed by atoms with Gasteiger partial charge in [-0.25, -0.2) is 0 Å². The van der Waals surface area contributed by atoms with E-state index in [1.807, 2.05) is 0 Å². The standard InChI is InChI=1S/C14H24N2/c1-11-7-6-8-12(2)14(11)10-15-9-13(3)16(4)5/h6-8,13,15H,9-10H2,1-5H3. The SMILES string of the molecule is Cc1cccc(C)c1CNCC(C)N(C)C. The Hall–Kier alpha value is -0.860. The summed E-state index contributed by atoms with van der Waals surface area (Å²) in [4.78, 5) is 2.23. The highest BCUT2D eigenvalue weighted by atomic mass is 15.1. The summed E-state index contributed by atoms with van der Waals surface area (Å²) >= 11 is 0. The summed E-state index contributed by atoms with van der Waals surface area (Å²) in [6.45, 7) is 8.59. The lowest BCUT2D eigenvalue weighted by molar-refractivity contribution is 0.302. The maximum Gasteiger partial charge on any atom is 0.0211 e. The molecule has 0 bridgehead atoms. The van der Waals surface area contributed by atoms with E-state index in [0.717, 1.165) is 13.1 Å². The Morgan fingerprint density at radius 1 is 1.19 bits per heavy atom. The number of hydrogen-bond acceptors (Lipinski definition) is 2. The Kier molecular flexibility index (Phi) is 4.97. The molecule has 1 N–H and O–H groups in total. The highest BCUT2D eigenvalue weighted by molar-refractivity contribution is 5.33. The molecular formula is C14H24N2. The second kappa shape index (κ2) is 6.02. The highest BCUT2D eigenvalue weighted by Crippen LogP contribution is 2.12. The van der Waals surface area contributed by atoms with Crippen molar-refractivity contribution in [1.82, 2.24) is 10.2 Å². The molecule has 16 heavy (non-hydrogen) atoms. The van der Waals surface area contributed by atoms with Gasteiger partial charge in [-0.3, -0.25) is 0 Å². The third-order valence-corrected chi connectivity index (χ3v) is 3.27. The number of likely N-dealkylation sites (N-methyl/N-ethyl adjacent to an activating group) is 1. The predicted octanol–water partition coefficient (Wildman–Crippen LogP) is 2.34. The van der Waals surface area contributed by atoms with Crippen molar-refractivity contribution < 1.29 is 0 Å². The highest BCUT2D eigenvalue weighted by Gasteiger charge is 2.05. The van der Waals surface area contributed by atoms with Crippen LogP contribution in [-0.2, 0) is 6.54 Å². The van der Waals surface area contributed by atoms with Crippen molar-refractivity contribution in [2.75, 3.05) is 20.6 Å². The molecule has 0 aromatic heterocycles. The molecule has 1 aromatic rings. The molecule has 1 rings (SSSR count). The van der Waals surface area contributed by atoms with E-state index >= 15 is 0 Å². The van der Waals surface area contributed by atoms with E-state index in [1.165, 1.54) is 16.7 Å². The molecule has 0 heterocycles. The van der Waals surface area contributed by atoms with Crippen molar-refractivity contribution in [1.29, 1.82) is 0 Å². The van der Waals surface area contributed by atoms with Gasteiger partial charge in [-0.1, -0.05) is 18.2 Å². The van der Waals surface area contributed by atoms with Gasteiger partial charge in [0, 0.05) is 19.1 Å². The van der Waals surface area contributed by atoms with Gasteiger partial charge in [0.25, 0.3) is 0 Å². The molecule has 0 spiro atoms. The number of benzene rings is 1. The van der Waals surface area contributed by atoms with Gasteiger partial charge in [0.1, 0.15) is 0 Å². The lowest BCUT2D eigenvalue weighted by atomic mass is 10.0. The lowest BCUT2D eigenvalue weighted by Crippen LogP contribution is -2.35. The van der Waals surface area contributed by atoms with Gasteiger partial charge < -0.3 is 10.2 Å². The second-order valence-corrected chi connectivity index (χ2v) is 4.81. The Morgan fingerprint density at radius 2 is 1.75 bits per heavy atom. The summed E-state index contributed by atoms with van der Waals surface area (Å²) in [5.74, 6) is 0. The van der Waals surface area contributed by atoms with Crippen LogP contribution in [0.3, 0.4) is 0 Å². The fourth-order valence-corrected chi connectivity index (χ4v) is 1.72. The first-order valence-corrected chi connectivity index (χ1v) is 5.94. The van der Waals surface area contributed by atoms with E-state index in [2.05, 4.69) is 63.3 Å². The normalized spacial score (nSPS) is 13.1. The number of nitrogens with one attached hydrogen (secondary N) is 1. The smallest absolute Gasteiger partial charge is 0.0211 e.